The number of carbonyl (C=O) groups is 1. The molecular formula is C16H21N5O2S. The van der Waals surface area contributed by atoms with Gasteiger partial charge in [0, 0.05) is 13.2 Å². The first-order valence-electron chi connectivity index (χ1n) is 7.98. The van der Waals surface area contributed by atoms with Gasteiger partial charge in [0.15, 0.2) is 5.16 Å². The van der Waals surface area contributed by atoms with Gasteiger partial charge >= 0.3 is 0 Å². The minimum absolute atomic E-state index is 0.00915. The van der Waals surface area contributed by atoms with E-state index in [0.29, 0.717) is 24.7 Å². The molecule has 1 aromatic carbocycles. The summed E-state index contributed by atoms with van der Waals surface area (Å²) in [6, 6.07) is 7.86. The van der Waals surface area contributed by atoms with Crippen molar-refractivity contribution in [2.75, 3.05) is 18.9 Å². The van der Waals surface area contributed by atoms with E-state index in [2.05, 4.69) is 20.5 Å². The Morgan fingerprint density at radius 1 is 1.42 bits per heavy atom. The molecule has 0 unspecified atom stereocenters. The number of amides is 1. The minimum Gasteiger partial charge on any atom is -0.379 e. The number of fused-ring (bicyclic) bond motifs is 3. The predicted octanol–water partition coefficient (Wildman–Crippen LogP) is 2.23. The fourth-order valence-electron chi connectivity index (χ4n) is 2.34. The molecule has 7 nitrogen and oxygen atoms in total. The van der Waals surface area contributed by atoms with Crippen LogP contribution in [0.2, 0.25) is 0 Å². The van der Waals surface area contributed by atoms with Crippen molar-refractivity contribution in [1.29, 1.82) is 0 Å². The topological polar surface area (TPSA) is 84.3 Å². The van der Waals surface area contributed by atoms with Crippen molar-refractivity contribution in [2.24, 2.45) is 0 Å². The summed E-state index contributed by atoms with van der Waals surface area (Å²) >= 11 is 1.39. The van der Waals surface area contributed by atoms with Crippen LogP contribution in [0.1, 0.15) is 20.3 Å². The second-order valence-corrected chi connectivity index (χ2v) is 6.62. The van der Waals surface area contributed by atoms with Crippen LogP contribution in [0.4, 0.5) is 0 Å². The van der Waals surface area contributed by atoms with E-state index in [1.165, 1.54) is 11.8 Å². The van der Waals surface area contributed by atoms with Gasteiger partial charge in [0.05, 0.1) is 22.9 Å². The quantitative estimate of drug-likeness (QED) is 0.482. The molecule has 0 aliphatic carbocycles. The lowest BCUT2D eigenvalue weighted by atomic mass is 10.3. The minimum atomic E-state index is -0.00915. The molecule has 0 saturated carbocycles. The Morgan fingerprint density at radius 3 is 3.08 bits per heavy atom. The summed E-state index contributed by atoms with van der Waals surface area (Å²) in [7, 11) is 0. The average molecular weight is 347 g/mol. The lowest BCUT2D eigenvalue weighted by Gasteiger charge is -2.08. The number of H-pyrrole nitrogens is 1. The highest BCUT2D eigenvalue weighted by Crippen LogP contribution is 2.22. The number of para-hydroxylation sites is 2. The number of nitrogens with zero attached hydrogens (tertiary/aromatic N) is 3. The molecule has 3 rings (SSSR count). The van der Waals surface area contributed by atoms with Crippen molar-refractivity contribution < 1.29 is 9.53 Å². The van der Waals surface area contributed by atoms with E-state index in [9.17, 15) is 4.79 Å². The third kappa shape index (κ3) is 3.88. The first kappa shape index (κ1) is 16.8. The number of imidazole rings is 1. The number of aromatic amines is 1. The summed E-state index contributed by atoms with van der Waals surface area (Å²) in [5.74, 6) is 0.993. The Kier molecular flexibility index (Phi) is 5.37. The maximum absolute atomic E-state index is 11.9. The van der Waals surface area contributed by atoms with Gasteiger partial charge in [-0.1, -0.05) is 23.9 Å². The van der Waals surface area contributed by atoms with Crippen LogP contribution < -0.4 is 5.32 Å². The summed E-state index contributed by atoms with van der Waals surface area (Å²) in [5, 5.41) is 10.8. The molecule has 2 aromatic heterocycles. The molecule has 0 aliphatic heterocycles. The summed E-state index contributed by atoms with van der Waals surface area (Å²) in [6.07, 6.45) is 1.04. The summed E-state index contributed by atoms with van der Waals surface area (Å²) in [6.45, 7) is 5.28. The maximum Gasteiger partial charge on any atom is 0.231 e. The zero-order valence-electron chi connectivity index (χ0n) is 13.8. The first-order valence-corrected chi connectivity index (χ1v) is 8.96. The van der Waals surface area contributed by atoms with Crippen LogP contribution in [0.25, 0.3) is 16.8 Å². The number of thioether (sulfide) groups is 1. The van der Waals surface area contributed by atoms with E-state index < -0.39 is 0 Å². The summed E-state index contributed by atoms with van der Waals surface area (Å²) in [5.41, 5.74) is 1.89. The molecule has 1 amide bonds. The Hall–Kier alpha value is -2.06. The van der Waals surface area contributed by atoms with Gasteiger partial charge < -0.3 is 10.1 Å². The number of ether oxygens (including phenoxy) is 1. The largest absolute Gasteiger partial charge is 0.379 e. The van der Waals surface area contributed by atoms with Gasteiger partial charge in [0.25, 0.3) is 0 Å². The highest BCUT2D eigenvalue weighted by atomic mass is 32.2. The molecule has 128 valence electrons. The van der Waals surface area contributed by atoms with E-state index in [0.717, 1.165) is 22.6 Å². The van der Waals surface area contributed by atoms with Crippen molar-refractivity contribution >= 4 is 34.5 Å². The van der Waals surface area contributed by atoms with Crippen molar-refractivity contribution in [1.82, 2.24) is 24.9 Å². The van der Waals surface area contributed by atoms with Crippen molar-refractivity contribution in [3.8, 4) is 0 Å². The molecule has 8 heteroatoms. The Bertz CT molecular complexity index is 826. The van der Waals surface area contributed by atoms with Crippen LogP contribution in [0.15, 0.2) is 29.4 Å². The number of carbonyl (C=O) groups excluding carboxylic acids is 1. The standard InChI is InChI=1S/C16H21N5O2S/c1-11(2)23-9-5-8-17-14(22)10-24-16-20-19-15-18-12-6-3-4-7-13(12)21(15)16/h3-4,6-7,11H,5,8-10H2,1-2H3,(H,17,22)(H,18,19). The van der Waals surface area contributed by atoms with Gasteiger partial charge in [0.2, 0.25) is 11.7 Å². The average Bonchev–Trinajstić information content (AvgIpc) is 3.11. The number of hydrogen-bond donors (Lipinski definition) is 2. The summed E-state index contributed by atoms with van der Waals surface area (Å²) < 4.78 is 7.38. The molecule has 0 radical (unpaired) electrons. The van der Waals surface area contributed by atoms with Gasteiger partial charge in [-0.25, -0.2) is 10.1 Å². The molecule has 2 N–H and O–H groups in total. The van der Waals surface area contributed by atoms with Crippen LogP contribution in [0.5, 0.6) is 0 Å². The molecule has 0 saturated heterocycles. The smallest absolute Gasteiger partial charge is 0.231 e. The zero-order chi connectivity index (χ0) is 16.9. The van der Waals surface area contributed by atoms with Crippen LogP contribution >= 0.6 is 11.8 Å². The Balaban J connectivity index is 1.53. The van der Waals surface area contributed by atoms with Crippen molar-refractivity contribution in [3.05, 3.63) is 24.3 Å². The van der Waals surface area contributed by atoms with Crippen LogP contribution in [0.3, 0.4) is 0 Å². The lowest BCUT2D eigenvalue weighted by Crippen LogP contribution is -2.27. The highest BCUT2D eigenvalue weighted by molar-refractivity contribution is 7.99. The molecule has 0 fully saturated rings. The normalized spacial score (nSPS) is 11.6. The van der Waals surface area contributed by atoms with E-state index in [1.807, 2.05) is 42.5 Å². The van der Waals surface area contributed by atoms with Gasteiger partial charge in [-0.3, -0.25) is 9.20 Å². The predicted molar refractivity (Wildman–Crippen MR) is 94.3 cm³/mol. The van der Waals surface area contributed by atoms with Crippen molar-refractivity contribution in [3.63, 3.8) is 0 Å². The molecule has 2 heterocycles. The molecular weight excluding hydrogens is 326 g/mol. The Labute approximate surface area is 144 Å². The number of benzene rings is 1. The SMILES string of the molecule is CC(C)OCCCNC(=O)CSc1n[nH]c2nc3ccccc3n12. The number of aromatic nitrogens is 4. The van der Waals surface area contributed by atoms with Gasteiger partial charge in [-0.05, 0) is 32.4 Å². The summed E-state index contributed by atoms with van der Waals surface area (Å²) in [4.78, 5) is 16.4. The van der Waals surface area contributed by atoms with Crippen LogP contribution in [-0.4, -0.2) is 50.5 Å². The van der Waals surface area contributed by atoms with Crippen molar-refractivity contribution in [2.45, 2.75) is 31.5 Å². The third-order valence-corrected chi connectivity index (χ3v) is 4.37. The van der Waals surface area contributed by atoms with E-state index >= 15 is 0 Å². The van der Waals surface area contributed by atoms with Gasteiger partial charge in [-0.2, -0.15) is 0 Å². The maximum atomic E-state index is 11.9. The van der Waals surface area contributed by atoms with E-state index in [4.69, 9.17) is 4.74 Å². The molecule has 0 aliphatic rings. The van der Waals surface area contributed by atoms with Gasteiger partial charge in [0.1, 0.15) is 0 Å². The van der Waals surface area contributed by atoms with E-state index in [-0.39, 0.29) is 12.0 Å². The zero-order valence-corrected chi connectivity index (χ0v) is 14.6. The Morgan fingerprint density at radius 2 is 2.25 bits per heavy atom. The second-order valence-electron chi connectivity index (χ2n) is 5.68. The van der Waals surface area contributed by atoms with Gasteiger partial charge in [-0.15, -0.1) is 5.10 Å². The highest BCUT2D eigenvalue weighted by Gasteiger charge is 2.13. The number of nitrogens with one attached hydrogen (secondary N) is 2. The van der Waals surface area contributed by atoms with E-state index in [1.54, 1.807) is 0 Å². The third-order valence-electron chi connectivity index (χ3n) is 3.43. The van der Waals surface area contributed by atoms with Crippen LogP contribution in [0, 0.1) is 0 Å². The molecule has 0 bridgehead atoms. The number of rotatable bonds is 8. The number of hydrogen-bond acceptors (Lipinski definition) is 5. The molecule has 24 heavy (non-hydrogen) atoms. The molecule has 0 atom stereocenters. The fraction of sp³-hybridized carbons (Fsp3) is 0.438. The molecule has 0 spiro atoms. The second kappa shape index (κ2) is 7.67. The molecule has 3 aromatic rings. The monoisotopic (exact) mass is 347 g/mol. The first-order chi connectivity index (χ1) is 11.6. The van der Waals surface area contributed by atoms with Crippen LogP contribution in [-0.2, 0) is 9.53 Å². The lowest BCUT2D eigenvalue weighted by molar-refractivity contribution is -0.118. The fourth-order valence-corrected chi connectivity index (χ4v) is 3.13.